The summed E-state index contributed by atoms with van der Waals surface area (Å²) in [4.78, 5) is 17.9. The Balaban J connectivity index is 1.32. The molecular weight excluding hydrogens is 795 g/mol. The van der Waals surface area contributed by atoms with E-state index in [1.54, 1.807) is 13.0 Å². The van der Waals surface area contributed by atoms with E-state index in [4.69, 9.17) is 25.2 Å². The van der Waals surface area contributed by atoms with Crippen molar-refractivity contribution in [3.05, 3.63) is 57.0 Å². The zero-order valence-electron chi connectivity index (χ0n) is 35.3. The number of aliphatic hydroxyl groups excluding tert-OH is 1. The molecule has 15 heteroatoms. The lowest BCUT2D eigenvalue weighted by Gasteiger charge is -2.42. The second-order valence-electron chi connectivity index (χ2n) is 17.3. The summed E-state index contributed by atoms with van der Waals surface area (Å²) in [7, 11) is 0. The first-order valence-corrected chi connectivity index (χ1v) is 22.4. The molecule has 7 rings (SSSR count). The van der Waals surface area contributed by atoms with E-state index in [0.717, 1.165) is 109 Å². The van der Waals surface area contributed by atoms with Crippen molar-refractivity contribution in [3.63, 3.8) is 0 Å². The SMILES string of the molecule is C=CC(c1c(/C(F)=C\C)sc(N)c1C#N)c1c2c(c3c(N4C5CCC4CN(C[C@@H](C)O)C5)nc(OCC4(CN(CCC)CCCCC(F)(F)F)CC4)nc3c1CC)COC2. The first kappa shape index (κ1) is 44.3. The molecule has 0 amide bonds. The number of aryl methyl sites for hydroxylation is 1. The minimum atomic E-state index is -4.15. The number of thiophene rings is 1. The number of β-amino-alcohol motifs (C(OH)–C–C–N with tert-alkyl or cyclic N) is 1. The van der Waals surface area contributed by atoms with E-state index in [9.17, 15) is 23.5 Å². The molecule has 3 fully saturated rings. The van der Waals surface area contributed by atoms with Gasteiger partial charge in [-0.05, 0) is 101 Å². The van der Waals surface area contributed by atoms with Crippen LogP contribution in [0.15, 0.2) is 18.7 Å². The van der Waals surface area contributed by atoms with E-state index in [0.29, 0.717) is 56.2 Å². The number of unbranched alkanes of at least 4 members (excludes halogenated alkanes) is 1. The van der Waals surface area contributed by atoms with Crippen molar-refractivity contribution in [1.29, 1.82) is 5.26 Å². The van der Waals surface area contributed by atoms with Gasteiger partial charge in [0.05, 0.1) is 41.9 Å². The Kier molecular flexibility index (Phi) is 13.5. The number of halogens is 4. The molecule has 5 heterocycles. The average Bonchev–Trinajstić information content (AvgIpc) is 3.49. The van der Waals surface area contributed by atoms with Gasteiger partial charge in [-0.3, -0.25) is 4.90 Å². The lowest BCUT2D eigenvalue weighted by atomic mass is 9.80. The van der Waals surface area contributed by atoms with Crippen LogP contribution in [0.4, 0.5) is 28.4 Å². The van der Waals surface area contributed by atoms with E-state index in [1.807, 2.05) is 6.92 Å². The number of anilines is 2. The molecule has 4 atom stereocenters. The smallest absolute Gasteiger partial charge is 0.389 e. The molecule has 1 saturated carbocycles. The van der Waals surface area contributed by atoms with E-state index in [2.05, 4.69) is 41.2 Å². The van der Waals surface area contributed by atoms with E-state index >= 15 is 4.39 Å². The van der Waals surface area contributed by atoms with Crippen molar-refractivity contribution >= 4 is 38.9 Å². The minimum Gasteiger partial charge on any atom is -0.463 e. The number of piperazine rings is 1. The standard InChI is InChI=1S/C45H59F4N7O3S/c1-6-17-54(18-11-10-14-45(47,48)49)25-44(15-16-44)26-59-43-52-39-31(8-3)36(30(7-2)37-32(19-50)41(51)60-40(37)35(46)9-4)33-23-58-24-34(33)38(39)42(53-43)56-28-12-13-29(56)22-55(21-28)20-27(5)57/h7,9,27-30,57H,2,6,8,10-18,20-26,51H2,1,3-5H3/b35-9+/t27-,28?,29?,30?/m1/s1. The quantitative estimate of drug-likeness (QED) is 0.0686. The fourth-order valence-corrected chi connectivity index (χ4v) is 11.0. The van der Waals surface area contributed by atoms with Gasteiger partial charge in [0, 0.05) is 67.0 Å². The molecule has 2 bridgehead atoms. The summed E-state index contributed by atoms with van der Waals surface area (Å²) in [6, 6.07) is 2.83. The van der Waals surface area contributed by atoms with Gasteiger partial charge >= 0.3 is 12.2 Å². The third-order valence-corrected chi connectivity index (χ3v) is 13.8. The number of nitrogen functional groups attached to an aromatic ring is 1. The molecule has 3 aromatic rings. The molecule has 60 heavy (non-hydrogen) atoms. The maximum absolute atomic E-state index is 15.6. The van der Waals surface area contributed by atoms with Gasteiger partial charge in [-0.2, -0.15) is 28.4 Å². The monoisotopic (exact) mass is 853 g/mol. The highest BCUT2D eigenvalue weighted by Crippen LogP contribution is 2.51. The third kappa shape index (κ3) is 9.05. The molecule has 0 spiro atoms. The Hall–Kier alpha value is -3.81. The first-order valence-electron chi connectivity index (χ1n) is 21.6. The third-order valence-electron chi connectivity index (χ3n) is 12.8. The van der Waals surface area contributed by atoms with Crippen molar-refractivity contribution < 1.29 is 32.1 Å². The maximum atomic E-state index is 15.6. The number of ether oxygens (including phenoxy) is 2. The number of hydrogen-bond donors (Lipinski definition) is 2. The van der Waals surface area contributed by atoms with Crippen molar-refractivity contribution in [3.8, 4) is 12.1 Å². The number of fused-ring (bicyclic) bond motifs is 5. The number of likely N-dealkylation sites (tertiary alicyclic amines) is 1. The van der Waals surface area contributed by atoms with E-state index in [-0.39, 0.29) is 40.5 Å². The van der Waals surface area contributed by atoms with Crippen molar-refractivity contribution in [2.45, 2.75) is 129 Å². The molecule has 3 unspecified atom stereocenters. The predicted octanol–water partition coefficient (Wildman–Crippen LogP) is 9.02. The molecule has 326 valence electrons. The van der Waals surface area contributed by atoms with Crippen LogP contribution in [-0.4, -0.2) is 95.1 Å². The molecule has 2 saturated heterocycles. The van der Waals surface area contributed by atoms with Crippen LogP contribution < -0.4 is 15.4 Å². The van der Waals surface area contributed by atoms with Gasteiger partial charge in [0.2, 0.25) is 0 Å². The van der Waals surface area contributed by atoms with Crippen LogP contribution in [0.25, 0.3) is 16.7 Å². The van der Waals surface area contributed by atoms with Crippen LogP contribution in [0.2, 0.25) is 0 Å². The highest BCUT2D eigenvalue weighted by Gasteiger charge is 2.46. The summed E-state index contributed by atoms with van der Waals surface area (Å²) in [5.74, 6) is -0.250. The van der Waals surface area contributed by atoms with Crippen LogP contribution in [0.5, 0.6) is 6.01 Å². The number of allylic oxidation sites excluding steroid dienone is 2. The molecule has 1 aromatic carbocycles. The second-order valence-corrected chi connectivity index (χ2v) is 18.3. The number of hydrogen-bond acceptors (Lipinski definition) is 11. The van der Waals surface area contributed by atoms with Crippen molar-refractivity contribution in [2.75, 3.05) is 56.5 Å². The number of alkyl halides is 3. The van der Waals surface area contributed by atoms with Gasteiger partial charge in [0.25, 0.3) is 0 Å². The van der Waals surface area contributed by atoms with E-state index in [1.165, 1.54) is 6.08 Å². The number of nitrogens with zero attached hydrogens (tertiary/aromatic N) is 6. The summed E-state index contributed by atoms with van der Waals surface area (Å²) < 4.78 is 67.2. The predicted molar refractivity (Wildman–Crippen MR) is 229 cm³/mol. The second kappa shape index (κ2) is 18.3. The number of rotatable bonds is 19. The summed E-state index contributed by atoms with van der Waals surface area (Å²) in [5.41, 5.74) is 11.4. The van der Waals surface area contributed by atoms with Crippen molar-refractivity contribution in [1.82, 2.24) is 19.8 Å². The van der Waals surface area contributed by atoms with Gasteiger partial charge in [0.15, 0.2) is 0 Å². The highest BCUT2D eigenvalue weighted by atomic mass is 32.1. The zero-order chi connectivity index (χ0) is 42.9. The largest absolute Gasteiger partial charge is 0.463 e. The Bertz CT molecular complexity index is 2110. The molecular formula is C45H59F4N7O3S. The van der Waals surface area contributed by atoms with Crippen LogP contribution >= 0.6 is 11.3 Å². The number of nitriles is 1. The Labute approximate surface area is 355 Å². The Morgan fingerprint density at radius 1 is 1.15 bits per heavy atom. The number of nitrogens with two attached hydrogens (primary N) is 1. The fraction of sp³-hybridized carbons (Fsp3) is 0.622. The van der Waals surface area contributed by atoms with Crippen LogP contribution in [-0.2, 0) is 24.4 Å². The van der Waals surface area contributed by atoms with Gasteiger partial charge in [-0.25, -0.2) is 4.39 Å². The number of aromatic nitrogens is 2. The normalized spacial score (nSPS) is 21.1. The number of benzene rings is 1. The van der Waals surface area contributed by atoms with Gasteiger partial charge in [-0.15, -0.1) is 17.9 Å². The van der Waals surface area contributed by atoms with Crippen LogP contribution in [0, 0.1) is 16.7 Å². The fourth-order valence-electron chi connectivity index (χ4n) is 10.00. The summed E-state index contributed by atoms with van der Waals surface area (Å²) in [5, 5.41) is 21.8. The lowest BCUT2D eigenvalue weighted by Crippen LogP contribution is -2.55. The van der Waals surface area contributed by atoms with Gasteiger partial charge in [-0.1, -0.05) is 26.0 Å². The topological polar surface area (TPSA) is 124 Å². The molecule has 10 nitrogen and oxygen atoms in total. The van der Waals surface area contributed by atoms with E-state index < -0.39 is 30.4 Å². The molecule has 1 aliphatic carbocycles. The van der Waals surface area contributed by atoms with Gasteiger partial charge < -0.3 is 30.1 Å². The molecule has 0 radical (unpaired) electrons. The minimum absolute atomic E-state index is 0.114. The Morgan fingerprint density at radius 2 is 1.87 bits per heavy atom. The summed E-state index contributed by atoms with van der Waals surface area (Å²) >= 11 is 1.06. The Morgan fingerprint density at radius 3 is 2.47 bits per heavy atom. The maximum Gasteiger partial charge on any atom is 0.389 e. The zero-order valence-corrected chi connectivity index (χ0v) is 36.2. The molecule has 3 aliphatic heterocycles. The van der Waals surface area contributed by atoms with Crippen LogP contribution in [0.3, 0.4) is 0 Å². The van der Waals surface area contributed by atoms with Gasteiger partial charge in [0.1, 0.15) is 22.7 Å². The summed E-state index contributed by atoms with van der Waals surface area (Å²) in [6.07, 6.45) is 3.69. The highest BCUT2D eigenvalue weighted by molar-refractivity contribution is 7.17. The van der Waals surface area contributed by atoms with Crippen molar-refractivity contribution in [2.24, 2.45) is 5.41 Å². The molecule has 2 aromatic heterocycles. The lowest BCUT2D eigenvalue weighted by molar-refractivity contribution is -0.135. The average molecular weight is 854 g/mol. The molecule has 3 N–H and O–H groups in total. The summed E-state index contributed by atoms with van der Waals surface area (Å²) in [6.45, 7) is 17.2. The number of aliphatic hydroxyl groups is 1. The first-order chi connectivity index (χ1) is 28.7. The van der Waals surface area contributed by atoms with Crippen LogP contribution in [0.1, 0.15) is 123 Å². The molecule has 4 aliphatic rings.